The van der Waals surface area contributed by atoms with Crippen LogP contribution in [0.1, 0.15) is 16.7 Å². The van der Waals surface area contributed by atoms with Gasteiger partial charge in [-0.1, -0.05) is 6.42 Å². The van der Waals surface area contributed by atoms with Crippen LogP contribution in [0.15, 0.2) is 109 Å². The second-order valence-electron chi connectivity index (χ2n) is 5.38. The molecule has 1 aliphatic carbocycles. The van der Waals surface area contributed by atoms with E-state index in [1.165, 1.54) is 22.3 Å². The molecule has 4 aromatic carbocycles. The number of rotatable bonds is 1. The predicted octanol–water partition coefficient (Wildman–Crippen LogP) is 5.92. The van der Waals surface area contributed by atoms with Crippen molar-refractivity contribution in [2.75, 3.05) is 0 Å². The first-order valence-electron chi connectivity index (χ1n) is 7.96. The Morgan fingerprint density at radius 2 is 1.28 bits per heavy atom. The molecule has 0 saturated carbocycles. The fourth-order valence-electron chi connectivity index (χ4n) is 2.69. The molecule has 0 fully saturated rings. The third-order valence-corrected chi connectivity index (χ3v) is 3.81. The van der Waals surface area contributed by atoms with Crippen LogP contribution in [0.25, 0.3) is 5.57 Å². The SMILES string of the molecule is C1=C([c-]2cccc2)c2cc[cH-]c2C1.[Fe+2].[Fe+2].c1cc[cH-]c1.c1cc[cH-]c1. The molecule has 5 rings (SSSR count). The van der Waals surface area contributed by atoms with E-state index in [0.29, 0.717) is 0 Å². The zero-order valence-corrected chi connectivity index (χ0v) is 16.0. The maximum Gasteiger partial charge on any atom is 2.00 e. The second-order valence-corrected chi connectivity index (χ2v) is 5.38. The molecule has 0 atom stereocenters. The number of hydrogen-bond donors (Lipinski definition) is 0. The van der Waals surface area contributed by atoms with Gasteiger partial charge < -0.3 is 0 Å². The fourth-order valence-corrected chi connectivity index (χ4v) is 2.69. The van der Waals surface area contributed by atoms with Crippen molar-refractivity contribution < 1.29 is 34.1 Å². The molecule has 0 nitrogen and oxygen atoms in total. The maximum absolute atomic E-state index is 2.32. The number of allylic oxidation sites excluding steroid dienone is 1. The maximum atomic E-state index is 2.32. The van der Waals surface area contributed by atoms with Gasteiger partial charge in [-0.05, 0) is 0 Å². The summed E-state index contributed by atoms with van der Waals surface area (Å²) >= 11 is 0. The van der Waals surface area contributed by atoms with Crippen LogP contribution < -0.4 is 0 Å². The molecule has 128 valence electrons. The predicted molar refractivity (Wildman–Crippen MR) is 98.9 cm³/mol. The third kappa shape index (κ3) is 6.20. The van der Waals surface area contributed by atoms with Crippen molar-refractivity contribution in [3.05, 3.63) is 126 Å². The first-order valence-corrected chi connectivity index (χ1v) is 7.96. The summed E-state index contributed by atoms with van der Waals surface area (Å²) in [6.45, 7) is 0. The molecule has 25 heavy (non-hydrogen) atoms. The molecular formula is C23H20Fe2. The minimum Gasteiger partial charge on any atom is -0.214 e. The van der Waals surface area contributed by atoms with Crippen LogP contribution >= 0.6 is 0 Å². The Bertz CT molecular complexity index is 722. The Morgan fingerprint density at radius 1 is 0.720 bits per heavy atom. The Kier molecular flexibility index (Phi) is 9.92. The molecule has 0 amide bonds. The molecule has 2 heteroatoms. The molecule has 0 heterocycles. The summed E-state index contributed by atoms with van der Waals surface area (Å²) in [6.07, 6.45) is 3.42. The molecule has 0 unspecified atom stereocenters. The van der Waals surface area contributed by atoms with Crippen LogP contribution in [0.2, 0.25) is 0 Å². The average molecular weight is 408 g/mol. The van der Waals surface area contributed by atoms with Crippen molar-refractivity contribution in [2.45, 2.75) is 6.42 Å². The van der Waals surface area contributed by atoms with Crippen LogP contribution in [-0.4, -0.2) is 0 Å². The molecular weight excluding hydrogens is 388 g/mol. The van der Waals surface area contributed by atoms with E-state index in [9.17, 15) is 0 Å². The van der Waals surface area contributed by atoms with Crippen LogP contribution in [0.4, 0.5) is 0 Å². The van der Waals surface area contributed by atoms with Gasteiger partial charge in [0, 0.05) is 0 Å². The van der Waals surface area contributed by atoms with Gasteiger partial charge >= 0.3 is 34.1 Å². The van der Waals surface area contributed by atoms with Crippen molar-refractivity contribution in [3.8, 4) is 0 Å². The van der Waals surface area contributed by atoms with Gasteiger partial charge in [0.15, 0.2) is 0 Å². The average Bonchev–Trinajstić information content (AvgIpc) is 3.43. The van der Waals surface area contributed by atoms with Crippen LogP contribution in [-0.2, 0) is 40.6 Å². The van der Waals surface area contributed by atoms with E-state index in [0.717, 1.165) is 6.42 Å². The first kappa shape index (κ1) is 21.2. The van der Waals surface area contributed by atoms with Gasteiger partial charge in [0.2, 0.25) is 0 Å². The molecule has 4 aromatic rings. The van der Waals surface area contributed by atoms with Gasteiger partial charge in [-0.25, -0.2) is 30.3 Å². The molecule has 0 saturated heterocycles. The van der Waals surface area contributed by atoms with Gasteiger partial charge in [-0.2, -0.15) is 71.8 Å². The number of hydrogen-bond acceptors (Lipinski definition) is 0. The fraction of sp³-hybridized carbons (Fsp3) is 0.0435. The summed E-state index contributed by atoms with van der Waals surface area (Å²) in [5.74, 6) is 0. The summed E-state index contributed by atoms with van der Waals surface area (Å²) in [5, 5.41) is 0. The zero-order valence-electron chi connectivity index (χ0n) is 13.8. The van der Waals surface area contributed by atoms with Gasteiger partial charge in [0.1, 0.15) is 0 Å². The Hall–Kier alpha value is -1.82. The summed E-state index contributed by atoms with van der Waals surface area (Å²) in [4.78, 5) is 0. The van der Waals surface area contributed by atoms with E-state index in [1.54, 1.807) is 0 Å². The van der Waals surface area contributed by atoms with Gasteiger partial charge in [0.25, 0.3) is 0 Å². The first-order chi connectivity index (χ1) is 11.4. The summed E-state index contributed by atoms with van der Waals surface area (Å²) < 4.78 is 0. The standard InChI is InChI=1S/C13H10.2C5H5.2Fe/c1-2-5-10(4-1)13-9-8-11-6-3-7-12(11)13;2*1-2-4-5-3-1;;/h1-7,9H,8H2;2*1-5H;;/q-2;2*-1;2*+2. The quantitative estimate of drug-likeness (QED) is 0.271. The van der Waals surface area contributed by atoms with Gasteiger partial charge in [0.05, 0.1) is 0 Å². The van der Waals surface area contributed by atoms with Gasteiger partial charge in [-0.3, -0.25) is 0 Å². The topological polar surface area (TPSA) is 0 Å². The van der Waals surface area contributed by atoms with Crippen LogP contribution in [0.5, 0.6) is 0 Å². The van der Waals surface area contributed by atoms with Crippen LogP contribution in [0.3, 0.4) is 0 Å². The molecule has 0 spiro atoms. The minimum absolute atomic E-state index is 0. The Labute approximate surface area is 171 Å². The van der Waals surface area contributed by atoms with E-state index >= 15 is 0 Å². The van der Waals surface area contributed by atoms with Crippen molar-refractivity contribution in [1.29, 1.82) is 0 Å². The smallest absolute Gasteiger partial charge is 0.214 e. The molecule has 0 aromatic heterocycles. The van der Waals surface area contributed by atoms with E-state index in [1.807, 2.05) is 60.7 Å². The van der Waals surface area contributed by atoms with E-state index < -0.39 is 0 Å². The van der Waals surface area contributed by atoms with E-state index in [4.69, 9.17) is 0 Å². The minimum atomic E-state index is 0. The molecule has 0 radical (unpaired) electrons. The normalized spacial score (nSPS) is 10.6. The summed E-state index contributed by atoms with van der Waals surface area (Å²) in [5.41, 5.74) is 5.65. The van der Waals surface area contributed by atoms with E-state index in [-0.39, 0.29) is 34.1 Å². The van der Waals surface area contributed by atoms with E-state index in [2.05, 4.69) is 48.5 Å². The largest absolute Gasteiger partial charge is 2.00 e. The second kappa shape index (κ2) is 11.7. The van der Waals surface area contributed by atoms with Crippen molar-refractivity contribution in [1.82, 2.24) is 0 Å². The van der Waals surface area contributed by atoms with Crippen molar-refractivity contribution >= 4 is 5.57 Å². The van der Waals surface area contributed by atoms with Crippen molar-refractivity contribution in [3.63, 3.8) is 0 Å². The van der Waals surface area contributed by atoms with Crippen LogP contribution in [0, 0.1) is 0 Å². The van der Waals surface area contributed by atoms with Crippen molar-refractivity contribution in [2.24, 2.45) is 0 Å². The zero-order chi connectivity index (χ0) is 15.7. The van der Waals surface area contributed by atoms with Gasteiger partial charge in [-0.15, -0.1) is 29.3 Å². The number of fused-ring (bicyclic) bond motifs is 1. The molecule has 1 aliphatic rings. The molecule has 0 N–H and O–H groups in total. The molecule has 0 aliphatic heterocycles. The Balaban J connectivity index is 0.000000219. The third-order valence-electron chi connectivity index (χ3n) is 3.81. The molecule has 0 bridgehead atoms. The summed E-state index contributed by atoms with van der Waals surface area (Å²) in [7, 11) is 0. The summed E-state index contributed by atoms with van der Waals surface area (Å²) in [6, 6.07) is 35.1. The Morgan fingerprint density at radius 3 is 1.76 bits per heavy atom. The monoisotopic (exact) mass is 408 g/mol.